The molecule has 0 aliphatic carbocycles. The molecule has 0 rings (SSSR count). The van der Waals surface area contributed by atoms with Crippen LogP contribution in [0.2, 0.25) is 0 Å². The molecule has 4 nitrogen and oxygen atoms in total. The van der Waals surface area contributed by atoms with Crippen molar-refractivity contribution < 1.29 is 27.4 Å². The molecule has 1 unspecified atom stereocenters. The summed E-state index contributed by atoms with van der Waals surface area (Å²) in [5.41, 5.74) is -1.03. The summed E-state index contributed by atoms with van der Waals surface area (Å²) >= 11 is 0. The van der Waals surface area contributed by atoms with Crippen molar-refractivity contribution in [3.63, 3.8) is 0 Å². The Bertz CT molecular complexity index is 245. The molecule has 0 radical (unpaired) electrons. The Morgan fingerprint density at radius 3 is 2.35 bits per heavy atom. The molecule has 0 saturated carbocycles. The van der Waals surface area contributed by atoms with Gasteiger partial charge in [-0.05, 0) is 27.3 Å². The van der Waals surface area contributed by atoms with E-state index in [0.29, 0.717) is 0 Å². The summed E-state index contributed by atoms with van der Waals surface area (Å²) in [4.78, 5) is 11.5. The van der Waals surface area contributed by atoms with E-state index in [1.807, 2.05) is 0 Å². The fourth-order valence-electron chi connectivity index (χ4n) is 1.08. The van der Waals surface area contributed by atoms with E-state index in [1.165, 1.54) is 0 Å². The standard InChI is InChI=1S/C10H18F3NO3/c1-4-17-8(15)9(2,14-3)5-6-16-7-10(11,12)13/h14H,4-7H2,1-3H3. The van der Waals surface area contributed by atoms with Gasteiger partial charge in [0.25, 0.3) is 0 Å². The molecule has 17 heavy (non-hydrogen) atoms. The summed E-state index contributed by atoms with van der Waals surface area (Å²) in [5, 5.41) is 2.72. The molecule has 0 aromatic heterocycles. The van der Waals surface area contributed by atoms with Crippen molar-refractivity contribution in [3.8, 4) is 0 Å². The molecule has 102 valence electrons. The number of nitrogens with one attached hydrogen (secondary N) is 1. The van der Waals surface area contributed by atoms with E-state index in [-0.39, 0.29) is 19.6 Å². The van der Waals surface area contributed by atoms with E-state index in [1.54, 1.807) is 20.9 Å². The van der Waals surface area contributed by atoms with Crippen LogP contribution in [-0.4, -0.2) is 44.6 Å². The minimum absolute atomic E-state index is 0.110. The lowest BCUT2D eigenvalue weighted by Crippen LogP contribution is -2.49. The van der Waals surface area contributed by atoms with E-state index in [0.717, 1.165) is 0 Å². The summed E-state index contributed by atoms with van der Waals surface area (Å²) in [6.45, 7) is 1.96. The van der Waals surface area contributed by atoms with Crippen LogP contribution in [0.5, 0.6) is 0 Å². The fraction of sp³-hybridized carbons (Fsp3) is 0.900. The average molecular weight is 257 g/mol. The minimum Gasteiger partial charge on any atom is -0.465 e. The Kier molecular flexibility index (Phi) is 6.48. The highest BCUT2D eigenvalue weighted by molar-refractivity contribution is 5.80. The topological polar surface area (TPSA) is 47.6 Å². The van der Waals surface area contributed by atoms with Gasteiger partial charge >= 0.3 is 12.1 Å². The van der Waals surface area contributed by atoms with Gasteiger partial charge in [0.1, 0.15) is 12.1 Å². The zero-order valence-electron chi connectivity index (χ0n) is 10.2. The number of rotatable bonds is 7. The lowest BCUT2D eigenvalue weighted by atomic mass is 9.99. The molecule has 0 fully saturated rings. The molecule has 1 N–H and O–H groups in total. The Morgan fingerprint density at radius 2 is 1.94 bits per heavy atom. The van der Waals surface area contributed by atoms with E-state index in [2.05, 4.69) is 10.1 Å². The van der Waals surface area contributed by atoms with Crippen molar-refractivity contribution in [1.82, 2.24) is 5.32 Å². The number of alkyl halides is 3. The Hall–Kier alpha value is -0.820. The lowest BCUT2D eigenvalue weighted by molar-refractivity contribution is -0.175. The number of carbonyl (C=O) groups is 1. The van der Waals surface area contributed by atoms with Crippen molar-refractivity contribution in [2.75, 3.05) is 26.9 Å². The van der Waals surface area contributed by atoms with Crippen molar-refractivity contribution >= 4 is 5.97 Å². The van der Waals surface area contributed by atoms with Gasteiger partial charge in [0.15, 0.2) is 0 Å². The van der Waals surface area contributed by atoms with Crippen molar-refractivity contribution in [2.45, 2.75) is 32.0 Å². The Morgan fingerprint density at radius 1 is 1.35 bits per heavy atom. The predicted octanol–water partition coefficient (Wildman–Crippen LogP) is 1.50. The first kappa shape index (κ1) is 16.2. The van der Waals surface area contributed by atoms with E-state index < -0.39 is 24.3 Å². The summed E-state index contributed by atoms with van der Waals surface area (Å²) in [7, 11) is 1.54. The van der Waals surface area contributed by atoms with E-state index in [4.69, 9.17) is 4.74 Å². The predicted molar refractivity (Wildman–Crippen MR) is 55.6 cm³/mol. The summed E-state index contributed by atoms with van der Waals surface area (Å²) < 4.78 is 44.7. The number of likely N-dealkylation sites (N-methyl/N-ethyl adjacent to an activating group) is 1. The SMILES string of the molecule is CCOC(=O)C(C)(CCOCC(F)(F)F)NC. The third kappa shape index (κ3) is 6.48. The molecule has 0 amide bonds. The van der Waals surface area contributed by atoms with Crippen LogP contribution in [0, 0.1) is 0 Å². The van der Waals surface area contributed by atoms with E-state index >= 15 is 0 Å². The van der Waals surface area contributed by atoms with Gasteiger partial charge in [-0.15, -0.1) is 0 Å². The molecule has 1 atom stereocenters. The molecule has 0 heterocycles. The largest absolute Gasteiger partial charge is 0.465 e. The van der Waals surface area contributed by atoms with Crippen LogP contribution in [-0.2, 0) is 14.3 Å². The van der Waals surface area contributed by atoms with Gasteiger partial charge in [0.05, 0.1) is 6.61 Å². The summed E-state index contributed by atoms with van der Waals surface area (Å²) in [6.07, 6.45) is -4.24. The number of carbonyl (C=O) groups excluding carboxylic acids is 1. The zero-order chi connectivity index (χ0) is 13.5. The molecule has 7 heteroatoms. The van der Waals surface area contributed by atoms with Crippen molar-refractivity contribution in [3.05, 3.63) is 0 Å². The minimum atomic E-state index is -4.35. The molecule has 0 aliphatic rings. The number of esters is 1. The normalized spacial score (nSPS) is 15.4. The van der Waals surface area contributed by atoms with Crippen LogP contribution in [0.1, 0.15) is 20.3 Å². The monoisotopic (exact) mass is 257 g/mol. The van der Waals surface area contributed by atoms with Crippen molar-refractivity contribution in [2.24, 2.45) is 0 Å². The molecule has 0 aromatic rings. The zero-order valence-corrected chi connectivity index (χ0v) is 10.2. The number of hydrogen-bond acceptors (Lipinski definition) is 4. The fourth-order valence-corrected chi connectivity index (χ4v) is 1.08. The smallest absolute Gasteiger partial charge is 0.411 e. The van der Waals surface area contributed by atoms with Gasteiger partial charge in [0, 0.05) is 6.61 Å². The van der Waals surface area contributed by atoms with Gasteiger partial charge in [-0.1, -0.05) is 0 Å². The third-order valence-corrected chi connectivity index (χ3v) is 2.29. The van der Waals surface area contributed by atoms with E-state index in [9.17, 15) is 18.0 Å². The van der Waals surface area contributed by atoms with Crippen LogP contribution in [0.3, 0.4) is 0 Å². The maximum Gasteiger partial charge on any atom is 0.411 e. The molecular weight excluding hydrogens is 239 g/mol. The van der Waals surface area contributed by atoms with Gasteiger partial charge in [0.2, 0.25) is 0 Å². The Labute approximate surface area is 98.5 Å². The molecule has 0 saturated heterocycles. The number of halogens is 3. The Balaban J connectivity index is 4.08. The van der Waals surface area contributed by atoms with Gasteiger partial charge in [-0.25, -0.2) is 0 Å². The molecule has 0 aliphatic heterocycles. The van der Waals surface area contributed by atoms with Gasteiger partial charge in [-0.3, -0.25) is 4.79 Å². The average Bonchev–Trinajstić information content (AvgIpc) is 2.23. The highest BCUT2D eigenvalue weighted by Crippen LogP contribution is 2.16. The molecular formula is C10H18F3NO3. The second kappa shape index (κ2) is 6.80. The van der Waals surface area contributed by atoms with Crippen molar-refractivity contribution in [1.29, 1.82) is 0 Å². The maximum atomic E-state index is 11.8. The second-order valence-corrected chi connectivity index (χ2v) is 3.72. The highest BCUT2D eigenvalue weighted by atomic mass is 19.4. The van der Waals surface area contributed by atoms with Crippen LogP contribution in [0.4, 0.5) is 13.2 Å². The molecule has 0 aromatic carbocycles. The third-order valence-electron chi connectivity index (χ3n) is 2.29. The first-order valence-electron chi connectivity index (χ1n) is 5.26. The first-order valence-corrected chi connectivity index (χ1v) is 5.26. The van der Waals surface area contributed by atoms with Crippen LogP contribution < -0.4 is 5.32 Å². The lowest BCUT2D eigenvalue weighted by Gasteiger charge is -2.26. The highest BCUT2D eigenvalue weighted by Gasteiger charge is 2.33. The van der Waals surface area contributed by atoms with Gasteiger partial charge < -0.3 is 14.8 Å². The van der Waals surface area contributed by atoms with Crippen LogP contribution in [0.15, 0.2) is 0 Å². The quantitative estimate of drug-likeness (QED) is 0.554. The number of hydrogen-bond donors (Lipinski definition) is 1. The summed E-state index contributed by atoms with van der Waals surface area (Å²) in [6, 6.07) is 0. The second-order valence-electron chi connectivity index (χ2n) is 3.72. The molecule has 0 spiro atoms. The van der Waals surface area contributed by atoms with Crippen LogP contribution in [0.25, 0.3) is 0 Å². The first-order chi connectivity index (χ1) is 7.75. The maximum absolute atomic E-state index is 11.8. The van der Waals surface area contributed by atoms with Crippen LogP contribution >= 0.6 is 0 Å². The number of ether oxygens (including phenoxy) is 2. The summed E-state index contributed by atoms with van der Waals surface area (Å²) in [5.74, 6) is -0.502. The molecule has 0 bridgehead atoms. The van der Waals surface area contributed by atoms with Gasteiger partial charge in [-0.2, -0.15) is 13.2 Å².